The van der Waals surface area contributed by atoms with Gasteiger partial charge in [0.15, 0.2) is 11.3 Å². The Bertz CT molecular complexity index is 1700. The second-order valence-corrected chi connectivity index (χ2v) is 13.2. The third-order valence-corrected chi connectivity index (χ3v) is 11.6. The van der Waals surface area contributed by atoms with Gasteiger partial charge in [0, 0.05) is 9.79 Å². The van der Waals surface area contributed by atoms with Crippen molar-refractivity contribution in [3.8, 4) is 17.2 Å². The van der Waals surface area contributed by atoms with Gasteiger partial charge >= 0.3 is 0 Å². The fraction of sp³-hybridized carbons (Fsp3) is 0.0769. The summed E-state index contributed by atoms with van der Waals surface area (Å²) in [5.74, 6) is 0.301. The number of nitrogens with zero attached hydrogens (tertiary/aromatic N) is 1. The summed E-state index contributed by atoms with van der Waals surface area (Å²) in [6, 6.07) is 16.0. The zero-order valence-electron chi connectivity index (χ0n) is 18.7. The Hall–Kier alpha value is -1.30. The molecule has 3 aromatic rings. The van der Waals surface area contributed by atoms with Crippen LogP contribution in [-0.2, 0) is 0 Å². The molecule has 0 fully saturated rings. The Kier molecular flexibility index (Phi) is 7.64. The minimum absolute atomic E-state index is 0.00595. The third-order valence-electron chi connectivity index (χ3n) is 5.51. The van der Waals surface area contributed by atoms with E-state index in [0.29, 0.717) is 45.8 Å². The van der Waals surface area contributed by atoms with Gasteiger partial charge in [-0.1, -0.05) is 59.9 Å². The molecule has 182 valence electrons. The highest BCUT2D eigenvalue weighted by Gasteiger charge is 2.29. The van der Waals surface area contributed by atoms with Gasteiger partial charge in [0.1, 0.15) is 25.9 Å². The fourth-order valence-electron chi connectivity index (χ4n) is 3.59. The van der Waals surface area contributed by atoms with Crippen LogP contribution in [0, 0.1) is 13.8 Å². The molecule has 0 atom stereocenters. The molecule has 0 unspecified atom stereocenters. The molecule has 0 aromatic heterocycles. The standard InChI is InChI=1S/C26H15Br4NO3S2/c1-11-7-3-5-9-13(11)35-25-17(29)21(32)15(27)23-19(25)31-20-24(34-23)16(28)22(33)18(30)26(20)36-14-10-6-4-8-12(14)2/h3-10,32H,1-2H3. The lowest BCUT2D eigenvalue weighted by molar-refractivity contribution is 0.465. The summed E-state index contributed by atoms with van der Waals surface area (Å²) in [6.45, 7) is 4.06. The topological polar surface area (TPSA) is 63.3 Å². The highest BCUT2D eigenvalue weighted by atomic mass is 79.9. The largest absolute Gasteiger partial charge is 0.505 e. The van der Waals surface area contributed by atoms with Crippen molar-refractivity contribution in [2.24, 2.45) is 0 Å². The number of rotatable bonds is 4. The van der Waals surface area contributed by atoms with E-state index in [4.69, 9.17) is 9.40 Å². The number of benzene rings is 4. The van der Waals surface area contributed by atoms with Crippen LogP contribution >= 0.6 is 87.2 Å². The van der Waals surface area contributed by atoms with Gasteiger partial charge in [0.25, 0.3) is 0 Å². The fourth-order valence-corrected chi connectivity index (χ4v) is 8.34. The minimum Gasteiger partial charge on any atom is -0.505 e. The van der Waals surface area contributed by atoms with E-state index in [9.17, 15) is 9.90 Å². The molecule has 0 saturated carbocycles. The van der Waals surface area contributed by atoms with Crippen molar-refractivity contribution in [2.45, 2.75) is 33.4 Å². The molecule has 2 aliphatic rings. The molecule has 5 rings (SSSR count). The lowest BCUT2D eigenvalue weighted by Gasteiger charge is -2.18. The summed E-state index contributed by atoms with van der Waals surface area (Å²) < 4.78 is 7.83. The maximum atomic E-state index is 13.1. The van der Waals surface area contributed by atoms with Crippen LogP contribution < -0.4 is 5.43 Å². The molecule has 0 bridgehead atoms. The number of aromatic hydroxyl groups is 1. The van der Waals surface area contributed by atoms with E-state index < -0.39 is 0 Å². The van der Waals surface area contributed by atoms with Gasteiger partial charge in [-0.3, -0.25) is 4.79 Å². The van der Waals surface area contributed by atoms with E-state index in [1.165, 1.54) is 23.5 Å². The van der Waals surface area contributed by atoms with Gasteiger partial charge in [0.05, 0.1) is 18.7 Å². The maximum absolute atomic E-state index is 13.1. The molecule has 1 N–H and O–H groups in total. The van der Waals surface area contributed by atoms with Crippen molar-refractivity contribution in [3.63, 3.8) is 0 Å². The molecule has 0 saturated heterocycles. The molecule has 0 amide bonds. The second-order valence-electron chi connectivity index (χ2n) is 7.90. The summed E-state index contributed by atoms with van der Waals surface area (Å²) >= 11 is 16.9. The number of aromatic nitrogens is 1. The van der Waals surface area contributed by atoms with E-state index in [-0.39, 0.29) is 15.7 Å². The van der Waals surface area contributed by atoms with Crippen LogP contribution in [0.15, 0.2) is 95.2 Å². The van der Waals surface area contributed by atoms with E-state index in [2.05, 4.69) is 63.7 Å². The number of phenols is 1. The maximum Gasteiger partial charge on any atom is 0.212 e. The molecule has 10 heteroatoms. The first-order chi connectivity index (χ1) is 17.2. The Labute approximate surface area is 249 Å². The minimum atomic E-state index is -0.240. The molecule has 3 aromatic carbocycles. The highest BCUT2D eigenvalue weighted by molar-refractivity contribution is 9.11. The average molecular weight is 773 g/mol. The first-order valence-electron chi connectivity index (χ1n) is 10.5. The van der Waals surface area contributed by atoms with Gasteiger partial charge in [-0.2, -0.15) is 0 Å². The van der Waals surface area contributed by atoms with Crippen molar-refractivity contribution in [3.05, 3.63) is 87.8 Å². The lowest BCUT2D eigenvalue weighted by Crippen LogP contribution is -2.10. The molecule has 1 aliphatic heterocycles. The zero-order valence-corrected chi connectivity index (χ0v) is 26.6. The predicted molar refractivity (Wildman–Crippen MR) is 160 cm³/mol. The number of aryl methyl sites for hydroxylation is 2. The Morgan fingerprint density at radius 3 is 1.92 bits per heavy atom. The smallest absolute Gasteiger partial charge is 0.212 e. The quantitative estimate of drug-likeness (QED) is 0.184. The third kappa shape index (κ3) is 4.58. The normalized spacial score (nSPS) is 11.5. The van der Waals surface area contributed by atoms with Crippen LogP contribution in [-0.4, -0.2) is 10.1 Å². The van der Waals surface area contributed by atoms with Crippen molar-refractivity contribution in [1.29, 1.82) is 0 Å². The molecule has 0 radical (unpaired) electrons. The van der Waals surface area contributed by atoms with Crippen LogP contribution in [0.5, 0.6) is 5.75 Å². The van der Waals surface area contributed by atoms with Crippen LogP contribution in [0.25, 0.3) is 22.6 Å². The molecular weight excluding hydrogens is 758 g/mol. The molecule has 4 nitrogen and oxygen atoms in total. The highest BCUT2D eigenvalue weighted by Crippen LogP contribution is 2.51. The van der Waals surface area contributed by atoms with Crippen LogP contribution in [0.1, 0.15) is 11.1 Å². The van der Waals surface area contributed by atoms with Crippen LogP contribution in [0.3, 0.4) is 0 Å². The average Bonchev–Trinajstić information content (AvgIpc) is 2.88. The summed E-state index contributed by atoms with van der Waals surface area (Å²) in [6.07, 6.45) is 0. The molecule has 0 spiro atoms. The second kappa shape index (κ2) is 10.5. The lowest BCUT2D eigenvalue weighted by atomic mass is 10.2. The summed E-state index contributed by atoms with van der Waals surface area (Å²) in [5, 5.41) is 10.9. The number of hydrogen-bond donors (Lipinski definition) is 1. The van der Waals surface area contributed by atoms with Crippen molar-refractivity contribution in [1.82, 2.24) is 4.98 Å². The Morgan fingerprint density at radius 2 is 1.33 bits per heavy atom. The van der Waals surface area contributed by atoms with Gasteiger partial charge < -0.3 is 9.52 Å². The SMILES string of the molecule is Cc1ccccc1Sc1c2nc3c(Sc4ccccc4C)c(Br)c(O)c(Br)c3oc-2c(Br)c(=O)c1Br. The van der Waals surface area contributed by atoms with E-state index in [1.807, 2.05) is 62.4 Å². The molecule has 36 heavy (non-hydrogen) atoms. The Morgan fingerprint density at radius 1 is 0.778 bits per heavy atom. The molecule has 1 aliphatic carbocycles. The predicted octanol–water partition coefficient (Wildman–Crippen LogP) is 9.97. The first kappa shape index (κ1) is 26.3. The van der Waals surface area contributed by atoms with Gasteiger partial charge in [-0.25, -0.2) is 4.98 Å². The summed E-state index contributed by atoms with van der Waals surface area (Å²) in [4.78, 5) is 21.5. The van der Waals surface area contributed by atoms with E-state index in [1.54, 1.807) is 0 Å². The zero-order chi connectivity index (χ0) is 25.7. The van der Waals surface area contributed by atoms with Crippen molar-refractivity contribution < 1.29 is 9.52 Å². The van der Waals surface area contributed by atoms with Crippen LogP contribution in [0.4, 0.5) is 0 Å². The van der Waals surface area contributed by atoms with Gasteiger partial charge in [-0.15, -0.1) is 0 Å². The van der Waals surface area contributed by atoms with Crippen molar-refractivity contribution in [2.75, 3.05) is 0 Å². The van der Waals surface area contributed by atoms with Crippen molar-refractivity contribution >= 4 is 98.3 Å². The number of fused-ring (bicyclic) bond motifs is 2. The van der Waals surface area contributed by atoms with E-state index in [0.717, 1.165) is 20.9 Å². The number of phenolic OH excluding ortho intramolecular Hbond substituents is 1. The number of halogens is 4. The first-order valence-corrected chi connectivity index (χ1v) is 15.3. The monoisotopic (exact) mass is 769 g/mol. The van der Waals surface area contributed by atoms with Gasteiger partial charge in [0.2, 0.25) is 5.43 Å². The summed E-state index contributed by atoms with van der Waals surface area (Å²) in [5.41, 5.74) is 3.37. The van der Waals surface area contributed by atoms with Gasteiger partial charge in [-0.05, 0) is 101 Å². The van der Waals surface area contributed by atoms with Crippen LogP contribution in [0.2, 0.25) is 0 Å². The summed E-state index contributed by atoms with van der Waals surface area (Å²) in [7, 11) is 0. The number of hydrogen-bond acceptors (Lipinski definition) is 6. The Balaban J connectivity index is 1.86. The van der Waals surface area contributed by atoms with E-state index >= 15 is 0 Å². The molecule has 1 heterocycles. The molecular formula is C26H15Br4NO3S2.